The van der Waals surface area contributed by atoms with Gasteiger partial charge in [0, 0.05) is 37.4 Å². The van der Waals surface area contributed by atoms with Crippen molar-refractivity contribution in [2.45, 2.75) is 50.0 Å². The van der Waals surface area contributed by atoms with E-state index in [1.807, 2.05) is 6.20 Å². The minimum absolute atomic E-state index is 0.0344. The molecule has 1 atom stereocenters. The average molecular weight is 377 g/mol. The van der Waals surface area contributed by atoms with Crippen LogP contribution in [0.15, 0.2) is 35.4 Å². The predicted molar refractivity (Wildman–Crippen MR) is 96.8 cm³/mol. The summed E-state index contributed by atoms with van der Waals surface area (Å²) < 4.78 is 42.7. The van der Waals surface area contributed by atoms with E-state index in [0.29, 0.717) is 19.0 Å². The second-order valence-corrected chi connectivity index (χ2v) is 9.41. The summed E-state index contributed by atoms with van der Waals surface area (Å²) in [5.74, 6) is 1.43. The van der Waals surface area contributed by atoms with Gasteiger partial charge in [-0.3, -0.25) is 0 Å². The first kappa shape index (κ1) is 17.7. The summed E-state index contributed by atoms with van der Waals surface area (Å²) in [4.78, 5) is 4.63. The van der Waals surface area contributed by atoms with Crippen molar-refractivity contribution in [3.63, 3.8) is 0 Å². The molecular weight excluding hydrogens is 353 g/mol. The number of hydrogen-bond acceptors (Lipinski definition) is 3. The summed E-state index contributed by atoms with van der Waals surface area (Å²) in [6, 6.07) is 5.25. The number of aromatic nitrogens is 2. The molecule has 26 heavy (non-hydrogen) atoms. The Morgan fingerprint density at radius 2 is 2.08 bits per heavy atom. The second kappa shape index (κ2) is 6.78. The quantitative estimate of drug-likeness (QED) is 0.803. The van der Waals surface area contributed by atoms with Crippen LogP contribution in [0.5, 0.6) is 0 Å². The number of rotatable bonds is 5. The predicted octanol–water partition coefficient (Wildman–Crippen LogP) is 3.31. The summed E-state index contributed by atoms with van der Waals surface area (Å²) >= 11 is 0. The second-order valence-electron chi connectivity index (χ2n) is 7.47. The van der Waals surface area contributed by atoms with Crippen LogP contribution in [0.1, 0.15) is 43.1 Å². The molecule has 1 aliphatic carbocycles. The molecular formula is C19H24FN3O2S. The smallest absolute Gasteiger partial charge is 0.243 e. The van der Waals surface area contributed by atoms with E-state index in [1.54, 1.807) is 0 Å². The van der Waals surface area contributed by atoms with Crippen LogP contribution in [-0.4, -0.2) is 35.4 Å². The van der Waals surface area contributed by atoms with Crippen molar-refractivity contribution in [3.05, 3.63) is 47.8 Å². The van der Waals surface area contributed by atoms with Gasteiger partial charge < -0.3 is 4.57 Å². The van der Waals surface area contributed by atoms with Crippen molar-refractivity contribution >= 4 is 10.0 Å². The van der Waals surface area contributed by atoms with E-state index in [1.165, 1.54) is 41.8 Å². The van der Waals surface area contributed by atoms with Gasteiger partial charge in [0.15, 0.2) is 0 Å². The fourth-order valence-corrected chi connectivity index (χ4v) is 5.47. The summed E-state index contributed by atoms with van der Waals surface area (Å²) in [5.41, 5.74) is 1.14. The zero-order valence-corrected chi connectivity index (χ0v) is 15.8. The largest absolute Gasteiger partial charge is 0.332 e. The maximum atomic E-state index is 13.4. The third-order valence-corrected chi connectivity index (χ3v) is 7.54. The summed E-state index contributed by atoms with van der Waals surface area (Å²) in [7, 11) is -3.63. The van der Waals surface area contributed by atoms with Crippen LogP contribution in [0.3, 0.4) is 0 Å². The molecule has 1 saturated heterocycles. The molecule has 0 N–H and O–H groups in total. The van der Waals surface area contributed by atoms with Crippen molar-refractivity contribution in [1.82, 2.24) is 13.9 Å². The first-order valence-electron chi connectivity index (χ1n) is 9.23. The monoisotopic (exact) mass is 377 g/mol. The lowest BCUT2D eigenvalue weighted by atomic mass is 9.84. The van der Waals surface area contributed by atoms with Crippen LogP contribution in [0.25, 0.3) is 0 Å². The van der Waals surface area contributed by atoms with Gasteiger partial charge >= 0.3 is 0 Å². The number of imidazole rings is 1. The highest BCUT2D eigenvalue weighted by molar-refractivity contribution is 7.89. The van der Waals surface area contributed by atoms with E-state index in [-0.39, 0.29) is 10.8 Å². The zero-order chi connectivity index (χ0) is 18.3. The van der Waals surface area contributed by atoms with Gasteiger partial charge in [-0.15, -0.1) is 0 Å². The summed E-state index contributed by atoms with van der Waals surface area (Å²) in [6.07, 6.45) is 6.39. The molecule has 4 rings (SSSR count). The van der Waals surface area contributed by atoms with Gasteiger partial charge in [0.2, 0.25) is 10.0 Å². The minimum atomic E-state index is -3.63. The lowest BCUT2D eigenvalue weighted by Crippen LogP contribution is -2.29. The van der Waals surface area contributed by atoms with Crippen molar-refractivity contribution in [1.29, 1.82) is 0 Å². The number of halogens is 1. The lowest BCUT2D eigenvalue weighted by Gasteiger charge is -2.27. The molecule has 7 heteroatoms. The third-order valence-electron chi connectivity index (χ3n) is 5.68. The van der Waals surface area contributed by atoms with Gasteiger partial charge in [0.25, 0.3) is 0 Å². The van der Waals surface area contributed by atoms with Crippen LogP contribution >= 0.6 is 0 Å². The van der Waals surface area contributed by atoms with Gasteiger partial charge in [-0.1, -0.05) is 12.5 Å². The Hall–Kier alpha value is -1.73. The maximum Gasteiger partial charge on any atom is 0.243 e. The third kappa shape index (κ3) is 3.18. The van der Waals surface area contributed by atoms with Gasteiger partial charge in [0.05, 0.1) is 4.90 Å². The number of aryl methyl sites for hydroxylation is 1. The molecule has 2 fully saturated rings. The SMILES string of the molecule is Cc1cnc(C2CCC2)n1C[C@H]1CCN(S(=O)(=O)c2cccc(F)c2)C1. The molecule has 0 amide bonds. The van der Waals surface area contributed by atoms with E-state index in [2.05, 4.69) is 16.5 Å². The Morgan fingerprint density at radius 1 is 1.27 bits per heavy atom. The van der Waals surface area contributed by atoms with Gasteiger partial charge in [0.1, 0.15) is 11.6 Å². The van der Waals surface area contributed by atoms with E-state index < -0.39 is 15.8 Å². The first-order chi connectivity index (χ1) is 12.4. The maximum absolute atomic E-state index is 13.4. The molecule has 0 bridgehead atoms. The van der Waals surface area contributed by atoms with Gasteiger partial charge in [-0.2, -0.15) is 4.31 Å². The molecule has 0 radical (unpaired) electrons. The highest BCUT2D eigenvalue weighted by Crippen LogP contribution is 2.36. The fourth-order valence-electron chi connectivity index (χ4n) is 3.91. The lowest BCUT2D eigenvalue weighted by molar-refractivity contribution is 0.364. The highest BCUT2D eigenvalue weighted by Gasteiger charge is 2.34. The molecule has 2 aromatic rings. The van der Waals surface area contributed by atoms with Crippen molar-refractivity contribution in [3.8, 4) is 0 Å². The van der Waals surface area contributed by atoms with Crippen molar-refractivity contribution in [2.75, 3.05) is 13.1 Å². The molecule has 0 spiro atoms. The Bertz CT molecular complexity index is 905. The zero-order valence-electron chi connectivity index (χ0n) is 14.9. The van der Waals surface area contributed by atoms with Crippen molar-refractivity contribution < 1.29 is 12.8 Å². The van der Waals surface area contributed by atoms with E-state index in [0.717, 1.165) is 30.6 Å². The Labute approximate surface area is 153 Å². The summed E-state index contributed by atoms with van der Waals surface area (Å²) in [5, 5.41) is 0. The van der Waals surface area contributed by atoms with E-state index >= 15 is 0 Å². The van der Waals surface area contributed by atoms with Gasteiger partial charge in [-0.25, -0.2) is 17.8 Å². The van der Waals surface area contributed by atoms with Crippen molar-refractivity contribution in [2.24, 2.45) is 5.92 Å². The first-order valence-corrected chi connectivity index (χ1v) is 10.7. The van der Waals surface area contributed by atoms with Gasteiger partial charge in [-0.05, 0) is 50.3 Å². The van der Waals surface area contributed by atoms with Crippen LogP contribution in [-0.2, 0) is 16.6 Å². The standard InChI is InChI=1S/C19H24FN3O2S/c1-14-11-21-19(16-4-2-5-16)23(14)13-15-8-9-22(12-15)26(24,25)18-7-3-6-17(20)10-18/h3,6-7,10-11,15-16H,2,4-5,8-9,12-13H2,1H3/t15-/m0/s1. The van der Waals surface area contributed by atoms with E-state index in [9.17, 15) is 12.8 Å². The Morgan fingerprint density at radius 3 is 2.77 bits per heavy atom. The van der Waals surface area contributed by atoms with E-state index in [4.69, 9.17) is 0 Å². The minimum Gasteiger partial charge on any atom is -0.332 e. The summed E-state index contributed by atoms with van der Waals surface area (Å²) in [6.45, 7) is 3.81. The number of sulfonamides is 1. The Kier molecular flexibility index (Phi) is 4.61. The molecule has 1 aliphatic heterocycles. The molecule has 1 aromatic carbocycles. The number of benzene rings is 1. The molecule has 140 valence electrons. The highest BCUT2D eigenvalue weighted by atomic mass is 32.2. The Balaban J connectivity index is 1.48. The molecule has 2 aliphatic rings. The molecule has 1 saturated carbocycles. The molecule has 2 heterocycles. The van der Waals surface area contributed by atoms with Crippen LogP contribution < -0.4 is 0 Å². The topological polar surface area (TPSA) is 55.2 Å². The van der Waals surface area contributed by atoms with Crippen LogP contribution in [0.2, 0.25) is 0 Å². The molecule has 0 unspecified atom stereocenters. The molecule has 1 aromatic heterocycles. The molecule has 5 nitrogen and oxygen atoms in total. The average Bonchev–Trinajstić information content (AvgIpc) is 3.16. The number of hydrogen-bond donors (Lipinski definition) is 0. The fraction of sp³-hybridized carbons (Fsp3) is 0.526. The normalized spacial score (nSPS) is 21.8. The van der Waals surface area contributed by atoms with Crippen LogP contribution in [0, 0.1) is 18.7 Å². The number of nitrogens with zero attached hydrogens (tertiary/aromatic N) is 3. The van der Waals surface area contributed by atoms with Crippen LogP contribution in [0.4, 0.5) is 4.39 Å².